The predicted octanol–water partition coefficient (Wildman–Crippen LogP) is 4.34. The number of nitrogens with one attached hydrogen (secondary N) is 2. The van der Waals surface area contributed by atoms with Crippen LogP contribution < -0.4 is 16.0 Å². The zero-order valence-electron chi connectivity index (χ0n) is 22.0. The molecule has 1 amide bonds. The fraction of sp³-hybridized carbons (Fsp3) is 0.333. The van der Waals surface area contributed by atoms with Crippen molar-refractivity contribution in [2.75, 3.05) is 5.32 Å². The fourth-order valence-electron chi connectivity index (χ4n) is 4.95. The second-order valence-electron chi connectivity index (χ2n) is 11.1. The molecule has 0 atom stereocenters. The van der Waals surface area contributed by atoms with Crippen LogP contribution in [0.1, 0.15) is 61.6 Å². The molecule has 1 aromatic heterocycles. The van der Waals surface area contributed by atoms with E-state index in [2.05, 4.69) is 47.3 Å². The quantitative estimate of drug-likeness (QED) is 0.376. The van der Waals surface area contributed by atoms with Gasteiger partial charge in [-0.1, -0.05) is 62.7 Å². The zero-order valence-corrected chi connectivity index (χ0v) is 22.0. The molecule has 0 saturated heterocycles. The number of carbonyl (C=O) groups excluding carboxylic acids is 1. The number of hydrogen-bond acceptors (Lipinski definition) is 4. The number of allylic oxidation sites excluding steroid dienone is 2. The smallest absolute Gasteiger partial charge is 0.369 e. The van der Waals surface area contributed by atoms with Crippen LogP contribution >= 0.6 is 0 Å². The van der Waals surface area contributed by atoms with Crippen LogP contribution in [0.25, 0.3) is 5.57 Å². The molecular weight excluding hydrogens is 503 g/mol. The van der Waals surface area contributed by atoms with Crippen molar-refractivity contribution in [1.29, 1.82) is 0 Å². The van der Waals surface area contributed by atoms with Crippen molar-refractivity contribution in [3.63, 3.8) is 0 Å². The average Bonchev–Trinajstić information content (AvgIpc) is 3.64. The molecule has 0 spiro atoms. The maximum absolute atomic E-state index is 13.8. The molecule has 9 heteroatoms. The maximum atomic E-state index is 13.8. The minimum absolute atomic E-state index is 0.0270. The Morgan fingerprint density at radius 1 is 1.08 bits per heavy atom. The van der Waals surface area contributed by atoms with E-state index in [-0.39, 0.29) is 29.9 Å². The maximum Gasteiger partial charge on any atom is 0.419 e. The summed E-state index contributed by atoms with van der Waals surface area (Å²) in [6.07, 6.45) is 0.950. The van der Waals surface area contributed by atoms with E-state index in [1.54, 1.807) is 0 Å². The zero-order chi connectivity index (χ0) is 28.0. The Hall–Kier alpha value is -4.01. The van der Waals surface area contributed by atoms with Crippen LogP contribution in [0.3, 0.4) is 0 Å². The van der Waals surface area contributed by atoms with Crippen LogP contribution in [0.15, 0.2) is 60.4 Å². The Morgan fingerprint density at radius 2 is 1.77 bits per heavy atom. The highest BCUT2D eigenvalue weighted by molar-refractivity contribution is 6.11. The molecule has 1 fully saturated rings. The van der Waals surface area contributed by atoms with E-state index in [9.17, 15) is 18.0 Å². The van der Waals surface area contributed by atoms with Crippen LogP contribution in [0.5, 0.6) is 0 Å². The number of carbonyl (C=O) groups is 1. The molecule has 3 aromatic rings. The SMILES string of the molecule is CC(C)(C)C1=C(c2ccc(Nc3ncc(C(F)(F)F)c(CCc4ccccc4C4(C(N)=O)CC4)n3)cc2)[C-]=[NH+]1. The van der Waals surface area contributed by atoms with E-state index in [1.807, 2.05) is 48.5 Å². The number of aromatic nitrogens is 2. The number of halogens is 3. The number of rotatable bonds is 8. The molecule has 2 aromatic carbocycles. The first kappa shape index (κ1) is 26.6. The number of anilines is 2. The molecule has 4 N–H and O–H groups in total. The van der Waals surface area contributed by atoms with Crippen LogP contribution in [0.2, 0.25) is 0 Å². The van der Waals surface area contributed by atoms with Crippen molar-refractivity contribution in [3.8, 4) is 0 Å². The van der Waals surface area contributed by atoms with Crippen LogP contribution in [0.4, 0.5) is 24.8 Å². The lowest BCUT2D eigenvalue weighted by Gasteiger charge is -2.26. The summed E-state index contributed by atoms with van der Waals surface area (Å²) in [6.45, 7) is 6.35. The van der Waals surface area contributed by atoms with Gasteiger partial charge in [0.05, 0.1) is 16.7 Å². The minimum Gasteiger partial charge on any atom is -0.369 e. The molecule has 5 rings (SSSR count). The molecule has 0 radical (unpaired) electrons. The third-order valence-electron chi connectivity index (χ3n) is 7.30. The van der Waals surface area contributed by atoms with Gasteiger partial charge in [0.1, 0.15) is 5.70 Å². The number of amides is 1. The van der Waals surface area contributed by atoms with E-state index in [4.69, 9.17) is 5.73 Å². The van der Waals surface area contributed by atoms with Crippen molar-refractivity contribution in [1.82, 2.24) is 9.97 Å². The Kier molecular flexibility index (Phi) is 6.56. The van der Waals surface area contributed by atoms with Gasteiger partial charge in [-0.3, -0.25) is 9.79 Å². The van der Waals surface area contributed by atoms with Crippen molar-refractivity contribution in [2.24, 2.45) is 11.1 Å². The van der Waals surface area contributed by atoms with Gasteiger partial charge in [-0.25, -0.2) is 9.97 Å². The van der Waals surface area contributed by atoms with Crippen molar-refractivity contribution >= 4 is 29.3 Å². The molecule has 1 aliphatic heterocycles. The molecule has 2 heterocycles. The van der Waals surface area contributed by atoms with Crippen LogP contribution in [-0.2, 0) is 29.2 Å². The summed E-state index contributed by atoms with van der Waals surface area (Å²) in [4.78, 5) is 23.4. The summed E-state index contributed by atoms with van der Waals surface area (Å²) in [6, 6.07) is 14.8. The lowest BCUT2D eigenvalue weighted by Crippen LogP contribution is -2.76. The van der Waals surface area contributed by atoms with Crippen molar-refractivity contribution in [2.45, 2.75) is 58.0 Å². The highest BCUT2D eigenvalue weighted by atomic mass is 19.4. The standard InChI is InChI=1S/C30H30F3N5O/c1-28(2,3)25-21(16-35-25)18-8-11-20(12-9-18)37-27-36-17-23(30(31,32)33)24(38-27)13-10-19-6-4-5-7-22(19)29(14-15-29)26(34)39/h4-9,11-12,17,35H,10,13-15H2,1-3H3,(H2,34,39)(H,36,37,38). The van der Waals surface area contributed by atoms with E-state index in [1.165, 1.54) is 0 Å². The summed E-state index contributed by atoms with van der Waals surface area (Å²) in [5.41, 5.74) is 9.24. The number of benzene rings is 2. The number of alkyl halides is 3. The Balaban J connectivity index is 1.37. The van der Waals surface area contributed by atoms with Crippen molar-refractivity contribution < 1.29 is 23.0 Å². The Morgan fingerprint density at radius 3 is 2.33 bits per heavy atom. The molecule has 202 valence electrons. The fourth-order valence-corrected chi connectivity index (χ4v) is 4.95. The van der Waals surface area contributed by atoms with Gasteiger partial charge in [-0.05, 0) is 54.5 Å². The number of hydrogen-bond donors (Lipinski definition) is 3. The number of nitrogens with zero attached hydrogens (tertiary/aromatic N) is 2. The molecule has 6 nitrogen and oxygen atoms in total. The number of aryl methyl sites for hydroxylation is 2. The molecular formula is C30H30F3N5O. The summed E-state index contributed by atoms with van der Waals surface area (Å²) in [5.74, 6) is -0.325. The van der Waals surface area contributed by atoms with Gasteiger partial charge in [0.15, 0.2) is 6.21 Å². The third-order valence-corrected chi connectivity index (χ3v) is 7.30. The van der Waals surface area contributed by atoms with Gasteiger partial charge in [0.2, 0.25) is 11.9 Å². The molecule has 0 unspecified atom stereocenters. The van der Waals surface area contributed by atoms with Gasteiger partial charge in [0.25, 0.3) is 0 Å². The van der Waals surface area contributed by atoms with Gasteiger partial charge in [-0.2, -0.15) is 13.2 Å². The summed E-state index contributed by atoms with van der Waals surface area (Å²) < 4.78 is 41.4. The lowest BCUT2D eigenvalue weighted by molar-refractivity contribution is -0.416. The Labute approximate surface area is 225 Å². The van der Waals surface area contributed by atoms with Crippen LogP contribution in [-0.4, -0.2) is 22.1 Å². The van der Waals surface area contributed by atoms with Crippen LogP contribution in [0, 0.1) is 5.41 Å². The predicted molar refractivity (Wildman–Crippen MR) is 143 cm³/mol. The minimum atomic E-state index is -4.59. The first-order valence-electron chi connectivity index (χ1n) is 12.8. The molecule has 0 bridgehead atoms. The third kappa shape index (κ3) is 5.30. The second-order valence-corrected chi connectivity index (χ2v) is 11.1. The van der Waals surface area contributed by atoms with E-state index >= 15 is 0 Å². The monoisotopic (exact) mass is 533 g/mol. The first-order chi connectivity index (χ1) is 18.4. The van der Waals surface area contributed by atoms with Gasteiger partial charge in [0, 0.05) is 17.3 Å². The Bertz CT molecular complexity index is 1480. The van der Waals surface area contributed by atoms with E-state index in [0.717, 1.165) is 34.2 Å². The van der Waals surface area contributed by atoms with E-state index in [0.29, 0.717) is 18.5 Å². The topological polar surface area (TPSA) is 94.9 Å². The summed E-state index contributed by atoms with van der Waals surface area (Å²) >= 11 is 0. The molecule has 39 heavy (non-hydrogen) atoms. The van der Waals surface area contributed by atoms with Gasteiger partial charge >= 0.3 is 6.18 Å². The highest BCUT2D eigenvalue weighted by Gasteiger charge is 2.50. The largest absolute Gasteiger partial charge is 0.419 e. The van der Waals surface area contributed by atoms with Gasteiger partial charge < -0.3 is 11.1 Å². The number of nitrogens with two attached hydrogens (primary N) is 1. The molecule has 1 aliphatic carbocycles. The number of primary amides is 1. The van der Waals surface area contributed by atoms with Crippen molar-refractivity contribution in [3.05, 3.63) is 88.4 Å². The summed E-state index contributed by atoms with van der Waals surface area (Å²) in [7, 11) is 0. The van der Waals surface area contributed by atoms with Gasteiger partial charge in [-0.15, -0.1) is 0 Å². The normalized spacial score (nSPS) is 16.2. The molecule has 2 aliphatic rings. The summed E-state index contributed by atoms with van der Waals surface area (Å²) in [5, 5.41) is 3.02. The lowest BCUT2D eigenvalue weighted by atomic mass is 9.84. The highest BCUT2D eigenvalue weighted by Crippen LogP contribution is 2.49. The second kappa shape index (κ2) is 9.63. The molecule has 1 saturated carbocycles. The first-order valence-corrected chi connectivity index (χ1v) is 12.8. The van der Waals surface area contributed by atoms with E-state index < -0.39 is 23.1 Å². The average molecular weight is 534 g/mol.